The molecule has 2 rings (SSSR count). The summed E-state index contributed by atoms with van der Waals surface area (Å²) in [6.45, 7) is 2.19. The van der Waals surface area contributed by atoms with Gasteiger partial charge in [-0.25, -0.2) is 5.48 Å². The van der Waals surface area contributed by atoms with Crippen LogP contribution in [0.5, 0.6) is 0 Å². The maximum absolute atomic E-state index is 11.8. The van der Waals surface area contributed by atoms with Gasteiger partial charge in [0.25, 0.3) is 5.91 Å². The minimum absolute atomic E-state index is 0.279. The molecule has 0 saturated carbocycles. The standard InChI is InChI=1S/C15H16N2O2/c1-11-9-13(7-8-14(11)16)15(18)17-19-10-12-5-3-2-4-6-12/h2-9H,10,16H2,1H3,(H,17,18). The number of anilines is 1. The van der Waals surface area contributed by atoms with Crippen LogP contribution < -0.4 is 11.2 Å². The number of nitrogens with two attached hydrogens (primary N) is 1. The Bertz CT molecular complexity index is 568. The van der Waals surface area contributed by atoms with Gasteiger partial charge in [0.15, 0.2) is 0 Å². The fraction of sp³-hybridized carbons (Fsp3) is 0.133. The van der Waals surface area contributed by atoms with E-state index < -0.39 is 0 Å². The highest BCUT2D eigenvalue weighted by molar-refractivity contribution is 5.94. The molecule has 0 spiro atoms. The molecule has 0 atom stereocenters. The molecule has 0 aromatic heterocycles. The molecule has 0 bridgehead atoms. The van der Waals surface area contributed by atoms with Crippen LogP contribution in [0, 0.1) is 6.92 Å². The average molecular weight is 256 g/mol. The Hall–Kier alpha value is -2.33. The van der Waals surface area contributed by atoms with Crippen LogP contribution in [-0.2, 0) is 11.4 Å². The molecule has 0 saturated heterocycles. The maximum atomic E-state index is 11.8. The summed E-state index contributed by atoms with van der Waals surface area (Å²) in [6.07, 6.45) is 0. The molecule has 19 heavy (non-hydrogen) atoms. The summed E-state index contributed by atoms with van der Waals surface area (Å²) in [4.78, 5) is 17.0. The van der Waals surface area contributed by atoms with Gasteiger partial charge in [0.1, 0.15) is 0 Å². The van der Waals surface area contributed by atoms with Crippen LogP contribution in [-0.4, -0.2) is 5.91 Å². The van der Waals surface area contributed by atoms with Crippen molar-refractivity contribution in [1.82, 2.24) is 5.48 Å². The number of nitrogens with one attached hydrogen (secondary N) is 1. The fourth-order valence-electron chi connectivity index (χ4n) is 1.64. The van der Waals surface area contributed by atoms with Crippen molar-refractivity contribution in [2.75, 3.05) is 5.73 Å². The molecule has 0 heterocycles. The first-order valence-corrected chi connectivity index (χ1v) is 5.99. The number of hydrogen-bond donors (Lipinski definition) is 2. The molecule has 1 amide bonds. The number of nitrogen functional groups attached to an aromatic ring is 1. The number of hydroxylamine groups is 1. The second-order valence-corrected chi connectivity index (χ2v) is 4.28. The number of hydrogen-bond acceptors (Lipinski definition) is 3. The van der Waals surface area contributed by atoms with Gasteiger partial charge in [-0.3, -0.25) is 9.63 Å². The number of benzene rings is 2. The Labute approximate surface area is 112 Å². The van der Waals surface area contributed by atoms with Gasteiger partial charge in [0, 0.05) is 11.3 Å². The molecule has 98 valence electrons. The zero-order valence-corrected chi connectivity index (χ0v) is 10.7. The molecule has 3 N–H and O–H groups in total. The van der Waals surface area contributed by atoms with Crippen molar-refractivity contribution in [3.8, 4) is 0 Å². The first-order valence-electron chi connectivity index (χ1n) is 5.99. The lowest BCUT2D eigenvalue weighted by Crippen LogP contribution is -2.23. The predicted molar refractivity (Wildman–Crippen MR) is 74.3 cm³/mol. The monoisotopic (exact) mass is 256 g/mol. The van der Waals surface area contributed by atoms with E-state index in [9.17, 15) is 4.79 Å². The van der Waals surface area contributed by atoms with E-state index in [4.69, 9.17) is 10.6 Å². The van der Waals surface area contributed by atoms with Crippen LogP contribution in [0.3, 0.4) is 0 Å². The van der Waals surface area contributed by atoms with Crippen LogP contribution in [0.1, 0.15) is 21.5 Å². The minimum atomic E-state index is -0.279. The lowest BCUT2D eigenvalue weighted by atomic mass is 10.1. The summed E-state index contributed by atoms with van der Waals surface area (Å²) in [5.74, 6) is -0.279. The highest BCUT2D eigenvalue weighted by Gasteiger charge is 2.06. The smallest absolute Gasteiger partial charge is 0.274 e. The molecule has 2 aromatic carbocycles. The second kappa shape index (κ2) is 6.02. The van der Waals surface area contributed by atoms with E-state index in [1.165, 1.54) is 0 Å². The Balaban J connectivity index is 1.89. The van der Waals surface area contributed by atoms with Gasteiger partial charge in [-0.2, -0.15) is 0 Å². The van der Waals surface area contributed by atoms with E-state index in [2.05, 4.69) is 5.48 Å². The molecular weight excluding hydrogens is 240 g/mol. The molecule has 0 aliphatic rings. The van der Waals surface area contributed by atoms with E-state index in [1.807, 2.05) is 37.3 Å². The third-order valence-corrected chi connectivity index (χ3v) is 2.78. The quantitative estimate of drug-likeness (QED) is 0.652. The Morgan fingerprint density at radius 3 is 2.63 bits per heavy atom. The van der Waals surface area contributed by atoms with Gasteiger partial charge < -0.3 is 5.73 Å². The van der Waals surface area contributed by atoms with E-state index in [0.717, 1.165) is 11.1 Å². The molecular formula is C15H16N2O2. The Morgan fingerprint density at radius 2 is 1.95 bits per heavy atom. The summed E-state index contributed by atoms with van der Waals surface area (Å²) in [6, 6.07) is 14.7. The van der Waals surface area contributed by atoms with E-state index >= 15 is 0 Å². The highest BCUT2D eigenvalue weighted by atomic mass is 16.6. The Morgan fingerprint density at radius 1 is 1.21 bits per heavy atom. The van der Waals surface area contributed by atoms with Gasteiger partial charge in [-0.05, 0) is 36.2 Å². The van der Waals surface area contributed by atoms with Crippen molar-refractivity contribution >= 4 is 11.6 Å². The van der Waals surface area contributed by atoms with Gasteiger partial charge in [-0.1, -0.05) is 30.3 Å². The number of carbonyl (C=O) groups is 1. The van der Waals surface area contributed by atoms with Crippen LogP contribution in [0.4, 0.5) is 5.69 Å². The summed E-state index contributed by atoms with van der Waals surface area (Å²) in [7, 11) is 0. The van der Waals surface area contributed by atoms with Crippen LogP contribution in [0.2, 0.25) is 0 Å². The molecule has 4 nitrogen and oxygen atoms in total. The minimum Gasteiger partial charge on any atom is -0.399 e. The zero-order valence-electron chi connectivity index (χ0n) is 10.7. The number of rotatable bonds is 4. The molecule has 4 heteroatoms. The molecule has 0 radical (unpaired) electrons. The SMILES string of the molecule is Cc1cc(C(=O)NOCc2ccccc2)ccc1N. The second-order valence-electron chi connectivity index (χ2n) is 4.28. The third kappa shape index (κ3) is 3.56. The first-order chi connectivity index (χ1) is 9.16. The summed E-state index contributed by atoms with van der Waals surface area (Å²) < 4.78 is 0. The third-order valence-electron chi connectivity index (χ3n) is 2.78. The molecule has 2 aromatic rings. The zero-order chi connectivity index (χ0) is 13.7. The van der Waals surface area contributed by atoms with Gasteiger partial charge in [-0.15, -0.1) is 0 Å². The van der Waals surface area contributed by atoms with Crippen molar-refractivity contribution in [2.24, 2.45) is 0 Å². The van der Waals surface area contributed by atoms with Crippen molar-refractivity contribution in [3.05, 3.63) is 65.2 Å². The maximum Gasteiger partial charge on any atom is 0.274 e. The van der Waals surface area contributed by atoms with Crippen LogP contribution >= 0.6 is 0 Å². The summed E-state index contributed by atoms with van der Waals surface area (Å²) in [5.41, 5.74) is 11.2. The van der Waals surface area contributed by atoms with Crippen LogP contribution in [0.15, 0.2) is 48.5 Å². The number of carbonyl (C=O) groups excluding carboxylic acids is 1. The molecule has 0 fully saturated rings. The molecule has 0 aliphatic carbocycles. The normalized spacial score (nSPS) is 10.2. The van der Waals surface area contributed by atoms with Gasteiger partial charge in [0.2, 0.25) is 0 Å². The summed E-state index contributed by atoms with van der Waals surface area (Å²) in [5, 5.41) is 0. The topological polar surface area (TPSA) is 64.3 Å². The van der Waals surface area contributed by atoms with Crippen molar-refractivity contribution in [2.45, 2.75) is 13.5 Å². The first kappa shape index (κ1) is 13.1. The van der Waals surface area contributed by atoms with E-state index in [0.29, 0.717) is 17.9 Å². The highest BCUT2D eigenvalue weighted by Crippen LogP contribution is 2.12. The van der Waals surface area contributed by atoms with Crippen molar-refractivity contribution in [3.63, 3.8) is 0 Å². The predicted octanol–water partition coefficient (Wildman–Crippen LogP) is 2.44. The van der Waals surface area contributed by atoms with Gasteiger partial charge >= 0.3 is 0 Å². The van der Waals surface area contributed by atoms with Crippen molar-refractivity contribution < 1.29 is 9.63 Å². The molecule has 0 aliphatic heterocycles. The van der Waals surface area contributed by atoms with E-state index in [1.54, 1.807) is 18.2 Å². The molecule has 0 unspecified atom stereocenters. The van der Waals surface area contributed by atoms with Crippen LogP contribution in [0.25, 0.3) is 0 Å². The van der Waals surface area contributed by atoms with Crippen molar-refractivity contribution in [1.29, 1.82) is 0 Å². The summed E-state index contributed by atoms with van der Waals surface area (Å²) >= 11 is 0. The largest absolute Gasteiger partial charge is 0.399 e. The number of aryl methyl sites for hydroxylation is 1. The number of amides is 1. The van der Waals surface area contributed by atoms with E-state index in [-0.39, 0.29) is 5.91 Å². The Kier molecular flexibility index (Phi) is 4.15. The average Bonchev–Trinajstić information content (AvgIpc) is 2.43. The van der Waals surface area contributed by atoms with Gasteiger partial charge in [0.05, 0.1) is 6.61 Å². The lowest BCUT2D eigenvalue weighted by molar-refractivity contribution is 0.0233. The lowest BCUT2D eigenvalue weighted by Gasteiger charge is -2.07. The fourth-order valence-corrected chi connectivity index (χ4v) is 1.64.